The van der Waals surface area contributed by atoms with Crippen molar-refractivity contribution >= 4 is 44.4 Å². The van der Waals surface area contributed by atoms with E-state index in [1.165, 1.54) is 16.9 Å². The van der Waals surface area contributed by atoms with E-state index in [0.29, 0.717) is 16.3 Å². The number of benzene rings is 2. The number of ether oxygens (including phenoxy) is 1. The van der Waals surface area contributed by atoms with Crippen molar-refractivity contribution in [1.29, 1.82) is 0 Å². The van der Waals surface area contributed by atoms with E-state index in [1.807, 2.05) is 6.07 Å². The van der Waals surface area contributed by atoms with Gasteiger partial charge in [0, 0.05) is 32.6 Å². The lowest BCUT2D eigenvalue weighted by Gasteiger charge is -2.26. The van der Waals surface area contributed by atoms with Gasteiger partial charge in [0.25, 0.3) is 11.8 Å². The Morgan fingerprint density at radius 1 is 1.06 bits per heavy atom. The van der Waals surface area contributed by atoms with Crippen molar-refractivity contribution in [2.45, 2.75) is 13.0 Å². The Morgan fingerprint density at radius 2 is 1.78 bits per heavy atom. The third kappa shape index (κ3) is 4.14. The number of hydrogen-bond donors (Lipinski definition) is 1. The Labute approximate surface area is 188 Å². The smallest absolute Gasteiger partial charge is 0.261 e. The summed E-state index contributed by atoms with van der Waals surface area (Å²) in [5.41, 5.74) is 2.80. The van der Waals surface area contributed by atoms with Crippen LogP contribution in [-0.2, 0) is 16.1 Å². The van der Waals surface area contributed by atoms with Gasteiger partial charge in [-0.1, -0.05) is 29.5 Å². The number of amides is 3. The van der Waals surface area contributed by atoms with Gasteiger partial charge >= 0.3 is 0 Å². The zero-order chi connectivity index (χ0) is 22.1. The van der Waals surface area contributed by atoms with Crippen LogP contribution >= 0.6 is 11.3 Å². The van der Waals surface area contributed by atoms with Gasteiger partial charge in [0.1, 0.15) is 0 Å². The number of rotatable bonds is 6. The molecule has 1 fully saturated rings. The van der Waals surface area contributed by atoms with Crippen molar-refractivity contribution in [2.75, 3.05) is 38.2 Å². The van der Waals surface area contributed by atoms with Crippen LogP contribution in [0.2, 0.25) is 0 Å². The molecule has 1 saturated heterocycles. The third-order valence-corrected chi connectivity index (χ3v) is 6.58. The predicted octanol–water partition coefficient (Wildman–Crippen LogP) is 2.75. The van der Waals surface area contributed by atoms with Crippen LogP contribution in [0.15, 0.2) is 42.5 Å². The summed E-state index contributed by atoms with van der Waals surface area (Å²) in [6.07, 6.45) is 0.0175. The van der Waals surface area contributed by atoms with Gasteiger partial charge in [0.05, 0.1) is 34.6 Å². The molecular formula is C23H22N4O4S. The SMILES string of the molecule is O=C(CCN1C(=O)c2ccccc2C1=O)Nc1nc2ccc(CN3CCOCC3)cc2s1. The normalized spacial score (nSPS) is 16.6. The molecule has 0 bridgehead atoms. The fourth-order valence-corrected chi connectivity index (χ4v) is 4.92. The van der Waals surface area contributed by atoms with E-state index in [9.17, 15) is 14.4 Å². The minimum atomic E-state index is -0.355. The van der Waals surface area contributed by atoms with E-state index in [4.69, 9.17) is 4.74 Å². The van der Waals surface area contributed by atoms with Gasteiger partial charge in [-0.25, -0.2) is 4.98 Å². The maximum Gasteiger partial charge on any atom is 0.261 e. The zero-order valence-electron chi connectivity index (χ0n) is 17.4. The Kier molecular flexibility index (Phi) is 5.69. The molecule has 32 heavy (non-hydrogen) atoms. The van der Waals surface area contributed by atoms with E-state index in [2.05, 4.69) is 27.3 Å². The number of carbonyl (C=O) groups is 3. The third-order valence-electron chi connectivity index (χ3n) is 5.65. The summed E-state index contributed by atoms with van der Waals surface area (Å²) in [6.45, 7) is 4.27. The van der Waals surface area contributed by atoms with E-state index in [1.54, 1.807) is 24.3 Å². The highest BCUT2D eigenvalue weighted by Gasteiger charge is 2.35. The molecule has 0 unspecified atom stereocenters. The second kappa shape index (κ2) is 8.78. The maximum absolute atomic E-state index is 12.4. The summed E-state index contributed by atoms with van der Waals surface area (Å²) in [5, 5.41) is 3.31. The van der Waals surface area contributed by atoms with Gasteiger partial charge < -0.3 is 10.1 Å². The molecule has 3 heterocycles. The molecule has 0 aliphatic carbocycles. The molecule has 2 aliphatic rings. The quantitative estimate of drug-likeness (QED) is 0.581. The summed E-state index contributed by atoms with van der Waals surface area (Å²) < 4.78 is 6.40. The maximum atomic E-state index is 12.4. The van der Waals surface area contributed by atoms with Gasteiger partial charge in [-0.15, -0.1) is 0 Å². The molecule has 8 nitrogen and oxygen atoms in total. The first-order valence-electron chi connectivity index (χ1n) is 10.5. The number of fused-ring (bicyclic) bond motifs is 2. The lowest BCUT2D eigenvalue weighted by Crippen LogP contribution is -2.35. The first-order valence-corrected chi connectivity index (χ1v) is 11.3. The number of anilines is 1. The molecule has 9 heteroatoms. The van der Waals surface area contributed by atoms with Crippen LogP contribution in [0.1, 0.15) is 32.7 Å². The fraction of sp³-hybridized carbons (Fsp3) is 0.304. The molecule has 2 aromatic carbocycles. The average molecular weight is 451 g/mol. The van der Waals surface area contributed by atoms with Gasteiger partial charge in [-0.05, 0) is 29.8 Å². The number of nitrogens with zero attached hydrogens (tertiary/aromatic N) is 3. The topological polar surface area (TPSA) is 91.8 Å². The number of aromatic nitrogens is 1. The van der Waals surface area contributed by atoms with E-state index >= 15 is 0 Å². The van der Waals surface area contributed by atoms with E-state index in [-0.39, 0.29) is 30.7 Å². The summed E-state index contributed by atoms with van der Waals surface area (Å²) in [6, 6.07) is 12.8. The number of imide groups is 1. The summed E-state index contributed by atoms with van der Waals surface area (Å²) in [4.78, 5) is 45.3. The minimum Gasteiger partial charge on any atom is -0.379 e. The molecule has 1 N–H and O–H groups in total. The number of thiazole rings is 1. The molecule has 5 rings (SSSR count). The van der Waals surface area contributed by atoms with Crippen molar-refractivity contribution in [3.63, 3.8) is 0 Å². The Morgan fingerprint density at radius 3 is 2.50 bits per heavy atom. The highest BCUT2D eigenvalue weighted by molar-refractivity contribution is 7.22. The van der Waals surface area contributed by atoms with Crippen molar-refractivity contribution in [1.82, 2.24) is 14.8 Å². The summed E-state index contributed by atoms with van der Waals surface area (Å²) in [7, 11) is 0. The Bertz CT molecular complexity index is 1170. The lowest BCUT2D eigenvalue weighted by atomic mass is 10.1. The van der Waals surface area contributed by atoms with E-state index in [0.717, 1.165) is 48.0 Å². The Balaban J connectivity index is 1.19. The monoisotopic (exact) mass is 450 g/mol. The van der Waals surface area contributed by atoms with Crippen molar-refractivity contribution in [3.8, 4) is 0 Å². The number of morpholine rings is 1. The largest absolute Gasteiger partial charge is 0.379 e. The van der Waals surface area contributed by atoms with Crippen LogP contribution in [0.5, 0.6) is 0 Å². The van der Waals surface area contributed by atoms with Crippen LogP contribution < -0.4 is 5.32 Å². The highest BCUT2D eigenvalue weighted by atomic mass is 32.1. The van der Waals surface area contributed by atoms with Crippen LogP contribution in [-0.4, -0.2) is 65.4 Å². The summed E-state index contributed by atoms with van der Waals surface area (Å²) >= 11 is 1.42. The van der Waals surface area contributed by atoms with Gasteiger partial charge in [-0.3, -0.25) is 24.2 Å². The van der Waals surface area contributed by atoms with E-state index < -0.39 is 0 Å². The molecule has 0 atom stereocenters. The standard InChI is InChI=1S/C23H22N4O4S/c28-20(7-8-27-21(29)16-3-1-2-4-17(16)22(27)30)25-23-24-18-6-5-15(13-19(18)32-23)14-26-9-11-31-12-10-26/h1-6,13H,7-12,14H2,(H,24,25,28). The van der Waals surface area contributed by atoms with Crippen LogP contribution in [0.4, 0.5) is 5.13 Å². The highest BCUT2D eigenvalue weighted by Crippen LogP contribution is 2.28. The van der Waals surface area contributed by atoms with Crippen LogP contribution in [0, 0.1) is 0 Å². The zero-order valence-corrected chi connectivity index (χ0v) is 18.2. The molecule has 0 spiro atoms. The number of carbonyl (C=O) groups excluding carboxylic acids is 3. The first kappa shape index (κ1) is 20.7. The first-order chi connectivity index (χ1) is 15.6. The molecule has 1 aromatic heterocycles. The Hall–Kier alpha value is -3.14. The fourth-order valence-electron chi connectivity index (χ4n) is 3.98. The molecule has 2 aliphatic heterocycles. The molecule has 0 saturated carbocycles. The molecule has 0 radical (unpaired) electrons. The lowest BCUT2D eigenvalue weighted by molar-refractivity contribution is -0.116. The van der Waals surface area contributed by atoms with Crippen molar-refractivity contribution in [3.05, 3.63) is 59.2 Å². The van der Waals surface area contributed by atoms with Crippen molar-refractivity contribution < 1.29 is 19.1 Å². The van der Waals surface area contributed by atoms with Crippen LogP contribution in [0.25, 0.3) is 10.2 Å². The summed E-state index contributed by atoms with van der Waals surface area (Å²) in [5.74, 6) is -0.994. The number of hydrogen-bond acceptors (Lipinski definition) is 7. The average Bonchev–Trinajstić information content (AvgIpc) is 3.31. The van der Waals surface area contributed by atoms with Crippen LogP contribution in [0.3, 0.4) is 0 Å². The molecular weight excluding hydrogens is 428 g/mol. The molecule has 164 valence electrons. The number of nitrogens with one attached hydrogen (secondary N) is 1. The predicted molar refractivity (Wildman–Crippen MR) is 121 cm³/mol. The van der Waals surface area contributed by atoms with Gasteiger partial charge in [0.2, 0.25) is 5.91 Å². The van der Waals surface area contributed by atoms with Gasteiger partial charge in [0.15, 0.2) is 5.13 Å². The second-order valence-electron chi connectivity index (χ2n) is 7.82. The molecule has 3 aromatic rings. The minimum absolute atomic E-state index is 0.0175. The van der Waals surface area contributed by atoms with Crippen molar-refractivity contribution in [2.24, 2.45) is 0 Å². The van der Waals surface area contributed by atoms with Gasteiger partial charge in [-0.2, -0.15) is 0 Å². The molecule has 3 amide bonds. The second-order valence-corrected chi connectivity index (χ2v) is 8.85.